The Kier molecular flexibility index (Phi) is 5.72. The summed E-state index contributed by atoms with van der Waals surface area (Å²) in [5.74, 6) is -0.747. The average molecular weight is 339 g/mol. The third-order valence-corrected chi connectivity index (χ3v) is 4.73. The highest BCUT2D eigenvalue weighted by atomic mass is 16.6. The molecule has 136 valence electrons. The number of hydrogen-bond acceptors (Lipinski definition) is 4. The maximum absolute atomic E-state index is 12.4. The van der Waals surface area contributed by atoms with Gasteiger partial charge < -0.3 is 20.7 Å². The van der Waals surface area contributed by atoms with Crippen LogP contribution in [0.2, 0.25) is 0 Å². The molecule has 0 aromatic carbocycles. The second-order valence-corrected chi connectivity index (χ2v) is 7.80. The van der Waals surface area contributed by atoms with Gasteiger partial charge in [0.15, 0.2) is 0 Å². The lowest BCUT2D eigenvalue weighted by Crippen LogP contribution is -2.48. The number of piperidine rings is 1. The van der Waals surface area contributed by atoms with Crippen LogP contribution in [-0.2, 0) is 14.3 Å². The molecule has 1 saturated heterocycles. The summed E-state index contributed by atoms with van der Waals surface area (Å²) in [6, 6.07) is -0.140. The maximum atomic E-state index is 12.4. The normalized spacial score (nSPS) is 25.4. The first-order chi connectivity index (χ1) is 11.2. The summed E-state index contributed by atoms with van der Waals surface area (Å²) in [6.07, 6.45) is 3.35. The van der Waals surface area contributed by atoms with Gasteiger partial charge in [-0.3, -0.25) is 9.59 Å². The Morgan fingerprint density at radius 2 is 1.71 bits per heavy atom. The zero-order chi connectivity index (χ0) is 17.9. The lowest BCUT2D eigenvalue weighted by atomic mass is 9.94. The molecule has 2 rings (SSSR count). The van der Waals surface area contributed by atoms with Crippen LogP contribution in [0.1, 0.15) is 52.9 Å². The lowest BCUT2D eigenvalue weighted by molar-refractivity contribution is -0.128. The van der Waals surface area contributed by atoms with E-state index in [1.165, 1.54) is 0 Å². The predicted molar refractivity (Wildman–Crippen MR) is 89.0 cm³/mol. The van der Waals surface area contributed by atoms with Crippen molar-refractivity contribution in [3.63, 3.8) is 0 Å². The summed E-state index contributed by atoms with van der Waals surface area (Å²) < 4.78 is 5.36. The van der Waals surface area contributed by atoms with Crippen LogP contribution in [0.15, 0.2) is 0 Å². The molecule has 3 N–H and O–H groups in total. The van der Waals surface area contributed by atoms with Gasteiger partial charge >= 0.3 is 6.09 Å². The molecule has 1 aliphatic carbocycles. The Morgan fingerprint density at radius 1 is 1.08 bits per heavy atom. The molecule has 3 amide bonds. The minimum absolute atomic E-state index is 0.0306. The van der Waals surface area contributed by atoms with Gasteiger partial charge in [-0.05, 0) is 46.5 Å². The van der Waals surface area contributed by atoms with E-state index in [2.05, 4.69) is 5.32 Å². The molecule has 24 heavy (non-hydrogen) atoms. The standard InChI is InChI=1S/C17H29N3O4/c1-17(2,3)24-16(23)20-9-7-11(8-10-20)15(22)19-13-6-4-5-12(13)14(18)21/h11-13H,4-10H2,1-3H3,(H2,18,21)(H,19,22)/t12-,13-/m1/s1. The second-order valence-electron chi connectivity index (χ2n) is 7.80. The first-order valence-electron chi connectivity index (χ1n) is 8.75. The molecule has 0 radical (unpaired) electrons. The van der Waals surface area contributed by atoms with E-state index in [4.69, 9.17) is 10.5 Å². The molecule has 0 bridgehead atoms. The third-order valence-electron chi connectivity index (χ3n) is 4.73. The quantitative estimate of drug-likeness (QED) is 0.811. The Labute approximate surface area is 143 Å². The summed E-state index contributed by atoms with van der Waals surface area (Å²) >= 11 is 0. The molecule has 2 aliphatic rings. The Hall–Kier alpha value is -1.79. The van der Waals surface area contributed by atoms with E-state index in [0.717, 1.165) is 19.3 Å². The Bertz CT molecular complexity index is 493. The van der Waals surface area contributed by atoms with Crippen molar-refractivity contribution in [2.45, 2.75) is 64.5 Å². The van der Waals surface area contributed by atoms with Crippen LogP contribution in [0.4, 0.5) is 4.79 Å². The van der Waals surface area contributed by atoms with Crippen molar-refractivity contribution in [3.05, 3.63) is 0 Å². The average Bonchev–Trinajstić information content (AvgIpc) is 2.94. The lowest BCUT2D eigenvalue weighted by Gasteiger charge is -2.33. The molecule has 0 aromatic heterocycles. The third kappa shape index (κ3) is 4.85. The van der Waals surface area contributed by atoms with E-state index in [0.29, 0.717) is 25.9 Å². The van der Waals surface area contributed by atoms with E-state index in [1.54, 1.807) is 4.90 Å². The number of likely N-dealkylation sites (tertiary alicyclic amines) is 1. The number of ether oxygens (including phenoxy) is 1. The number of rotatable bonds is 3. The van der Waals surface area contributed by atoms with Gasteiger partial charge in [0.2, 0.25) is 11.8 Å². The molecule has 1 heterocycles. The molecule has 0 unspecified atom stereocenters. The summed E-state index contributed by atoms with van der Waals surface area (Å²) in [5.41, 5.74) is 4.88. The molecule has 1 saturated carbocycles. The van der Waals surface area contributed by atoms with E-state index in [1.807, 2.05) is 20.8 Å². The topological polar surface area (TPSA) is 102 Å². The van der Waals surface area contributed by atoms with Gasteiger partial charge in [0, 0.05) is 25.0 Å². The van der Waals surface area contributed by atoms with Crippen LogP contribution < -0.4 is 11.1 Å². The van der Waals surface area contributed by atoms with Gasteiger partial charge in [0.05, 0.1) is 5.92 Å². The molecule has 1 aliphatic heterocycles. The highest BCUT2D eigenvalue weighted by molar-refractivity contribution is 5.82. The van der Waals surface area contributed by atoms with Gasteiger partial charge in [-0.2, -0.15) is 0 Å². The Balaban J connectivity index is 1.80. The van der Waals surface area contributed by atoms with Gasteiger partial charge in [0.1, 0.15) is 5.60 Å². The van der Waals surface area contributed by atoms with Crippen molar-refractivity contribution < 1.29 is 19.1 Å². The number of carbonyl (C=O) groups excluding carboxylic acids is 3. The highest BCUT2D eigenvalue weighted by Gasteiger charge is 2.35. The van der Waals surface area contributed by atoms with E-state index in [-0.39, 0.29) is 35.8 Å². The zero-order valence-corrected chi connectivity index (χ0v) is 14.8. The van der Waals surface area contributed by atoms with Crippen molar-refractivity contribution >= 4 is 17.9 Å². The summed E-state index contributed by atoms with van der Waals surface area (Å²) in [7, 11) is 0. The van der Waals surface area contributed by atoms with Crippen molar-refractivity contribution in [2.24, 2.45) is 17.6 Å². The van der Waals surface area contributed by atoms with Crippen molar-refractivity contribution in [2.75, 3.05) is 13.1 Å². The minimum atomic E-state index is -0.516. The van der Waals surface area contributed by atoms with Gasteiger partial charge in [-0.1, -0.05) is 6.42 Å². The number of carbonyl (C=O) groups is 3. The van der Waals surface area contributed by atoms with E-state index in [9.17, 15) is 14.4 Å². The maximum Gasteiger partial charge on any atom is 0.410 e. The highest BCUT2D eigenvalue weighted by Crippen LogP contribution is 2.27. The van der Waals surface area contributed by atoms with Crippen molar-refractivity contribution in [3.8, 4) is 0 Å². The number of amides is 3. The smallest absolute Gasteiger partial charge is 0.410 e. The van der Waals surface area contributed by atoms with Crippen molar-refractivity contribution in [1.29, 1.82) is 0 Å². The fourth-order valence-electron chi connectivity index (χ4n) is 3.42. The van der Waals surface area contributed by atoms with Gasteiger partial charge in [0.25, 0.3) is 0 Å². The summed E-state index contributed by atoms with van der Waals surface area (Å²) in [5, 5.41) is 2.99. The van der Waals surface area contributed by atoms with Crippen LogP contribution in [-0.4, -0.2) is 47.5 Å². The fraction of sp³-hybridized carbons (Fsp3) is 0.824. The van der Waals surface area contributed by atoms with Crippen LogP contribution in [0.5, 0.6) is 0 Å². The number of hydrogen-bond donors (Lipinski definition) is 2. The molecule has 7 nitrogen and oxygen atoms in total. The number of nitrogens with one attached hydrogen (secondary N) is 1. The first kappa shape index (κ1) is 18.5. The predicted octanol–water partition coefficient (Wildman–Crippen LogP) is 1.40. The van der Waals surface area contributed by atoms with Crippen molar-refractivity contribution in [1.82, 2.24) is 10.2 Å². The molecule has 7 heteroatoms. The monoisotopic (exact) mass is 339 g/mol. The SMILES string of the molecule is CC(C)(C)OC(=O)N1CCC(C(=O)N[C@@H]2CCC[C@H]2C(N)=O)CC1. The zero-order valence-electron chi connectivity index (χ0n) is 14.8. The molecule has 2 fully saturated rings. The van der Waals surface area contributed by atoms with Crippen LogP contribution >= 0.6 is 0 Å². The second kappa shape index (κ2) is 7.40. The van der Waals surface area contributed by atoms with Gasteiger partial charge in [-0.15, -0.1) is 0 Å². The number of nitrogens with zero attached hydrogens (tertiary/aromatic N) is 1. The molecular weight excluding hydrogens is 310 g/mol. The molecule has 0 spiro atoms. The summed E-state index contributed by atoms with van der Waals surface area (Å²) in [4.78, 5) is 37.5. The first-order valence-corrected chi connectivity index (χ1v) is 8.75. The van der Waals surface area contributed by atoms with Crippen LogP contribution in [0, 0.1) is 11.8 Å². The summed E-state index contributed by atoms with van der Waals surface area (Å²) in [6.45, 7) is 6.53. The van der Waals surface area contributed by atoms with E-state index >= 15 is 0 Å². The van der Waals surface area contributed by atoms with Crippen LogP contribution in [0.3, 0.4) is 0 Å². The minimum Gasteiger partial charge on any atom is -0.444 e. The Morgan fingerprint density at radius 3 is 2.25 bits per heavy atom. The van der Waals surface area contributed by atoms with E-state index < -0.39 is 5.60 Å². The molecule has 2 atom stereocenters. The number of nitrogens with two attached hydrogens (primary N) is 1. The molecular formula is C17H29N3O4. The van der Waals surface area contributed by atoms with Crippen LogP contribution in [0.25, 0.3) is 0 Å². The van der Waals surface area contributed by atoms with Gasteiger partial charge in [-0.25, -0.2) is 4.79 Å². The fourth-order valence-corrected chi connectivity index (χ4v) is 3.42. The number of primary amides is 1. The molecule has 0 aromatic rings. The largest absolute Gasteiger partial charge is 0.444 e.